The van der Waals surface area contributed by atoms with E-state index in [-0.39, 0.29) is 24.0 Å². The molecule has 1 saturated carbocycles. The molecule has 0 aromatic rings. The average molecular weight is 206 g/mol. The highest BCUT2D eigenvalue weighted by Gasteiger charge is 2.47. The zero-order chi connectivity index (χ0) is 10.6. The number of imide groups is 1. The van der Waals surface area contributed by atoms with E-state index >= 15 is 0 Å². The van der Waals surface area contributed by atoms with Gasteiger partial charge in [0.25, 0.3) is 5.91 Å². The molecule has 0 radical (unpaired) electrons. The fourth-order valence-corrected chi connectivity index (χ4v) is 2.99. The number of allylic oxidation sites excluding steroid dienone is 1. The molecule has 4 nitrogen and oxygen atoms in total. The zero-order valence-corrected chi connectivity index (χ0v) is 8.64. The Labute approximate surface area is 88.3 Å². The molecule has 1 heterocycles. The lowest BCUT2D eigenvalue weighted by molar-refractivity contribution is -0.129. The lowest BCUT2D eigenvalue weighted by atomic mass is 10.00. The average Bonchev–Trinajstić information content (AvgIpc) is 2.83. The van der Waals surface area contributed by atoms with Crippen LogP contribution in [0.3, 0.4) is 0 Å². The van der Waals surface area contributed by atoms with Gasteiger partial charge in [-0.15, -0.1) is 0 Å². The minimum absolute atomic E-state index is 0.0639. The van der Waals surface area contributed by atoms with E-state index in [0.29, 0.717) is 11.8 Å². The van der Waals surface area contributed by atoms with Gasteiger partial charge in [0.2, 0.25) is 0 Å². The summed E-state index contributed by atoms with van der Waals surface area (Å²) in [5, 5.41) is 2.67. The summed E-state index contributed by atoms with van der Waals surface area (Å²) in [6, 6.07) is -0.448. The van der Waals surface area contributed by atoms with Crippen molar-refractivity contribution in [1.82, 2.24) is 10.2 Å². The summed E-state index contributed by atoms with van der Waals surface area (Å²) >= 11 is 0. The number of hydrogen-bond acceptors (Lipinski definition) is 2. The van der Waals surface area contributed by atoms with Gasteiger partial charge < -0.3 is 5.32 Å². The third kappa shape index (κ3) is 1.14. The van der Waals surface area contributed by atoms with Crippen LogP contribution in [0.5, 0.6) is 0 Å². The Morgan fingerprint density at radius 2 is 2.13 bits per heavy atom. The molecule has 3 amide bonds. The van der Waals surface area contributed by atoms with Crippen LogP contribution in [0, 0.1) is 11.8 Å². The van der Waals surface area contributed by atoms with Gasteiger partial charge in [0.1, 0.15) is 6.04 Å². The van der Waals surface area contributed by atoms with E-state index in [1.165, 1.54) is 4.90 Å². The van der Waals surface area contributed by atoms with Crippen LogP contribution >= 0.6 is 0 Å². The van der Waals surface area contributed by atoms with Crippen molar-refractivity contribution in [2.45, 2.75) is 31.8 Å². The summed E-state index contributed by atoms with van der Waals surface area (Å²) in [5.74, 6) is 0.914. The first kappa shape index (κ1) is 8.95. The summed E-state index contributed by atoms with van der Waals surface area (Å²) < 4.78 is 0. The maximum absolute atomic E-state index is 11.8. The van der Waals surface area contributed by atoms with Crippen molar-refractivity contribution >= 4 is 11.9 Å². The Morgan fingerprint density at radius 1 is 1.33 bits per heavy atom. The number of fused-ring (bicyclic) bond motifs is 2. The number of nitrogens with zero attached hydrogens (tertiary/aromatic N) is 1. The van der Waals surface area contributed by atoms with E-state index in [9.17, 15) is 9.59 Å². The first-order valence-electron chi connectivity index (χ1n) is 5.48. The predicted molar refractivity (Wildman–Crippen MR) is 54.0 cm³/mol. The number of carbonyl (C=O) groups is 2. The number of nitrogens with one attached hydrogen (secondary N) is 1. The lowest BCUT2D eigenvalue weighted by Crippen LogP contribution is -2.43. The normalized spacial score (nSPS) is 42.9. The molecule has 15 heavy (non-hydrogen) atoms. The van der Waals surface area contributed by atoms with Gasteiger partial charge >= 0.3 is 6.03 Å². The number of amides is 3. The minimum atomic E-state index is -0.347. The van der Waals surface area contributed by atoms with Crippen molar-refractivity contribution in [3.8, 4) is 0 Å². The van der Waals surface area contributed by atoms with Crippen molar-refractivity contribution < 1.29 is 9.59 Å². The molecule has 4 unspecified atom stereocenters. The first-order chi connectivity index (χ1) is 7.16. The topological polar surface area (TPSA) is 49.4 Å². The highest BCUT2D eigenvalue weighted by molar-refractivity contribution is 6.04. The predicted octanol–water partition coefficient (Wildman–Crippen LogP) is 0.891. The molecule has 0 spiro atoms. The molecule has 4 heteroatoms. The fraction of sp³-hybridized carbons (Fsp3) is 0.636. The molecule has 3 aliphatic rings. The minimum Gasteiger partial charge on any atom is -0.326 e. The van der Waals surface area contributed by atoms with Crippen LogP contribution in [0.4, 0.5) is 4.79 Å². The van der Waals surface area contributed by atoms with Gasteiger partial charge in [0.15, 0.2) is 0 Å². The van der Waals surface area contributed by atoms with Crippen molar-refractivity contribution in [3.63, 3.8) is 0 Å². The summed E-state index contributed by atoms with van der Waals surface area (Å²) in [5.41, 5.74) is 0. The van der Waals surface area contributed by atoms with Gasteiger partial charge in [-0.2, -0.15) is 0 Å². The van der Waals surface area contributed by atoms with Crippen molar-refractivity contribution in [1.29, 1.82) is 0 Å². The van der Waals surface area contributed by atoms with Crippen molar-refractivity contribution in [2.24, 2.45) is 11.8 Å². The second kappa shape index (κ2) is 2.84. The Hall–Kier alpha value is -1.32. The molecule has 4 atom stereocenters. The zero-order valence-electron chi connectivity index (χ0n) is 8.64. The standard InChI is InChI=1S/C11H14N2O2/c1-6-10(14)13(11(15)12-6)9-5-7-2-3-8(9)4-7/h2-3,6-9H,4-5H2,1H3,(H,12,15). The Morgan fingerprint density at radius 3 is 2.60 bits per heavy atom. The Bertz CT molecular complexity index is 364. The van der Waals surface area contributed by atoms with Crippen LogP contribution in [0.2, 0.25) is 0 Å². The van der Waals surface area contributed by atoms with Crippen molar-refractivity contribution in [2.75, 3.05) is 0 Å². The number of rotatable bonds is 1. The maximum Gasteiger partial charge on any atom is 0.325 e. The molecule has 0 aromatic heterocycles. The van der Waals surface area contributed by atoms with Gasteiger partial charge in [0, 0.05) is 6.04 Å². The summed E-state index contributed by atoms with van der Waals surface area (Å²) in [6.45, 7) is 1.74. The van der Waals surface area contributed by atoms with E-state index in [2.05, 4.69) is 17.5 Å². The maximum atomic E-state index is 11.8. The van der Waals surface area contributed by atoms with Crippen LogP contribution in [-0.2, 0) is 4.79 Å². The van der Waals surface area contributed by atoms with Gasteiger partial charge in [-0.1, -0.05) is 12.2 Å². The van der Waals surface area contributed by atoms with Crippen LogP contribution in [0.15, 0.2) is 12.2 Å². The van der Waals surface area contributed by atoms with E-state index in [0.717, 1.165) is 12.8 Å². The Balaban J connectivity index is 1.86. The number of urea groups is 1. The van der Waals surface area contributed by atoms with Gasteiger partial charge in [0.05, 0.1) is 0 Å². The third-order valence-corrected chi connectivity index (χ3v) is 3.74. The SMILES string of the molecule is CC1NC(=O)N(C2CC3C=CC2C3)C1=O. The third-order valence-electron chi connectivity index (χ3n) is 3.74. The molecule has 1 N–H and O–H groups in total. The second-order valence-electron chi connectivity index (χ2n) is 4.73. The van der Waals surface area contributed by atoms with Crippen molar-refractivity contribution in [3.05, 3.63) is 12.2 Å². The summed E-state index contributed by atoms with van der Waals surface area (Å²) in [4.78, 5) is 24.9. The smallest absolute Gasteiger partial charge is 0.325 e. The lowest BCUT2D eigenvalue weighted by Gasteiger charge is -2.26. The van der Waals surface area contributed by atoms with Gasteiger partial charge in [-0.05, 0) is 31.6 Å². The molecule has 80 valence electrons. The Kier molecular flexibility index (Phi) is 1.69. The summed E-state index contributed by atoms with van der Waals surface area (Å²) in [6.07, 6.45) is 6.43. The van der Waals surface area contributed by atoms with Crippen LogP contribution in [-0.4, -0.2) is 28.9 Å². The summed E-state index contributed by atoms with van der Waals surface area (Å²) in [7, 11) is 0. The molecule has 3 rings (SSSR count). The van der Waals surface area contributed by atoms with Gasteiger partial charge in [-0.25, -0.2) is 4.79 Å². The van der Waals surface area contributed by atoms with E-state index in [4.69, 9.17) is 0 Å². The monoisotopic (exact) mass is 206 g/mol. The van der Waals surface area contributed by atoms with E-state index < -0.39 is 0 Å². The quantitative estimate of drug-likeness (QED) is 0.511. The largest absolute Gasteiger partial charge is 0.326 e. The molecule has 1 saturated heterocycles. The molecule has 1 aliphatic heterocycles. The first-order valence-corrected chi connectivity index (χ1v) is 5.48. The van der Waals surface area contributed by atoms with Crippen LogP contribution < -0.4 is 5.32 Å². The molecular formula is C11H14N2O2. The van der Waals surface area contributed by atoms with Crippen LogP contribution in [0.1, 0.15) is 19.8 Å². The van der Waals surface area contributed by atoms with Gasteiger partial charge in [-0.3, -0.25) is 9.69 Å². The molecule has 2 aliphatic carbocycles. The molecule has 2 fully saturated rings. The van der Waals surface area contributed by atoms with E-state index in [1.54, 1.807) is 6.92 Å². The molecule has 2 bridgehead atoms. The number of carbonyl (C=O) groups excluding carboxylic acids is 2. The van der Waals surface area contributed by atoms with E-state index in [1.807, 2.05) is 0 Å². The molecule has 0 aromatic carbocycles. The van der Waals surface area contributed by atoms with Crippen LogP contribution in [0.25, 0.3) is 0 Å². The fourth-order valence-electron chi connectivity index (χ4n) is 2.99. The highest BCUT2D eigenvalue weighted by Crippen LogP contribution is 2.42. The highest BCUT2D eigenvalue weighted by atomic mass is 16.2. The molecular weight excluding hydrogens is 192 g/mol. The number of hydrogen-bond donors (Lipinski definition) is 1. The second-order valence-corrected chi connectivity index (χ2v) is 4.73.